The molecule has 1 aliphatic carbocycles. The molecule has 2 aliphatic rings. The van der Waals surface area contributed by atoms with Crippen molar-refractivity contribution in [3.8, 4) is 6.19 Å². The molecule has 2 heterocycles. The minimum atomic E-state index is 0.206. The van der Waals surface area contributed by atoms with Crippen LogP contribution in [0.3, 0.4) is 0 Å². The first-order chi connectivity index (χ1) is 12.6. The fourth-order valence-electron chi connectivity index (χ4n) is 4.46. The predicted molar refractivity (Wildman–Crippen MR) is 105 cm³/mol. The van der Waals surface area contributed by atoms with E-state index in [4.69, 9.17) is 16.6 Å². The van der Waals surface area contributed by atoms with Crippen molar-refractivity contribution in [1.82, 2.24) is 9.88 Å². The summed E-state index contributed by atoms with van der Waals surface area (Å²) in [5.74, 6) is 0. The lowest BCUT2D eigenvalue weighted by Gasteiger charge is -2.37. The molecule has 2 aromatic rings. The quantitative estimate of drug-likeness (QED) is 0.619. The second-order valence-electron chi connectivity index (χ2n) is 7.40. The summed E-state index contributed by atoms with van der Waals surface area (Å²) in [6.45, 7) is 4.27. The molecule has 4 rings (SSSR count). The largest absolute Gasteiger partial charge is 0.304 e. The lowest BCUT2D eigenvalue weighted by Crippen LogP contribution is -2.41. The predicted octanol–water partition coefficient (Wildman–Crippen LogP) is 4.99. The van der Waals surface area contributed by atoms with Gasteiger partial charge in [0.1, 0.15) is 0 Å². The molecule has 1 fully saturated rings. The van der Waals surface area contributed by atoms with Crippen molar-refractivity contribution >= 4 is 17.2 Å². The summed E-state index contributed by atoms with van der Waals surface area (Å²) >= 11 is 6.28. The summed E-state index contributed by atoms with van der Waals surface area (Å²) in [5.41, 5.74) is 7.62. The van der Waals surface area contributed by atoms with Crippen LogP contribution < -0.4 is 0 Å². The number of halogens is 1. The fourth-order valence-corrected chi connectivity index (χ4v) is 4.66. The van der Waals surface area contributed by atoms with E-state index in [1.807, 2.05) is 23.2 Å². The van der Waals surface area contributed by atoms with Gasteiger partial charge in [-0.1, -0.05) is 29.3 Å². The Morgan fingerprint density at radius 2 is 1.85 bits per heavy atom. The molecular formula is C22H22ClN3. The van der Waals surface area contributed by atoms with E-state index in [-0.39, 0.29) is 12.1 Å². The zero-order valence-electron chi connectivity index (χ0n) is 15.2. The summed E-state index contributed by atoms with van der Waals surface area (Å²) in [4.78, 5) is 6.70. The number of piperidine rings is 1. The Morgan fingerprint density at radius 3 is 2.58 bits per heavy atom. The number of likely N-dealkylation sites (tertiary alicyclic amines) is 1. The van der Waals surface area contributed by atoms with Crippen LogP contribution in [0, 0.1) is 11.5 Å². The number of nitriles is 1. The van der Waals surface area contributed by atoms with E-state index in [0.717, 1.165) is 36.4 Å². The minimum absolute atomic E-state index is 0.206. The summed E-state index contributed by atoms with van der Waals surface area (Å²) in [7, 11) is 0. The maximum absolute atomic E-state index is 9.45. The molecule has 0 N–H and O–H groups in total. The van der Waals surface area contributed by atoms with Crippen LogP contribution in [0.2, 0.25) is 5.02 Å². The highest BCUT2D eigenvalue weighted by Gasteiger charge is 2.31. The Kier molecular flexibility index (Phi) is 4.46. The van der Waals surface area contributed by atoms with Gasteiger partial charge in [0, 0.05) is 28.9 Å². The molecule has 0 saturated carbocycles. The van der Waals surface area contributed by atoms with E-state index in [0.29, 0.717) is 0 Å². The van der Waals surface area contributed by atoms with Crippen LogP contribution in [0.4, 0.5) is 0 Å². The molecule has 0 amide bonds. The molecule has 1 saturated heterocycles. The third kappa shape index (κ3) is 2.89. The molecular weight excluding hydrogens is 342 g/mol. The lowest BCUT2D eigenvalue weighted by atomic mass is 9.84. The van der Waals surface area contributed by atoms with E-state index >= 15 is 0 Å². The van der Waals surface area contributed by atoms with Crippen LogP contribution >= 0.6 is 11.6 Å². The maximum atomic E-state index is 9.45. The normalized spacial score (nSPS) is 22.3. The molecule has 0 spiro atoms. The third-order valence-corrected chi connectivity index (χ3v) is 5.87. The number of hydrogen-bond donors (Lipinski definition) is 0. The van der Waals surface area contributed by atoms with Gasteiger partial charge in [-0.25, -0.2) is 0 Å². The molecule has 4 heteroatoms. The monoisotopic (exact) mass is 363 g/mol. The number of hydrogen-bond acceptors (Lipinski definition) is 3. The average Bonchev–Trinajstić information content (AvgIpc) is 2.78. The molecule has 1 aliphatic heterocycles. The van der Waals surface area contributed by atoms with Gasteiger partial charge in [-0.05, 0) is 74.4 Å². The number of aromatic nitrogens is 1. The van der Waals surface area contributed by atoms with Gasteiger partial charge in [0.25, 0.3) is 0 Å². The van der Waals surface area contributed by atoms with Crippen LogP contribution in [-0.4, -0.2) is 22.0 Å². The summed E-state index contributed by atoms with van der Waals surface area (Å²) in [6, 6.07) is 10.8. The first kappa shape index (κ1) is 17.1. The zero-order valence-corrected chi connectivity index (χ0v) is 15.9. The van der Waals surface area contributed by atoms with Crippen molar-refractivity contribution in [3.63, 3.8) is 0 Å². The van der Waals surface area contributed by atoms with Gasteiger partial charge in [0.2, 0.25) is 0 Å². The van der Waals surface area contributed by atoms with Gasteiger partial charge in [-0.2, -0.15) is 5.26 Å². The maximum Gasteiger partial charge on any atom is 0.179 e. The number of pyridine rings is 1. The molecule has 1 aromatic heterocycles. The van der Waals surface area contributed by atoms with E-state index in [2.05, 4.69) is 38.2 Å². The number of fused-ring (bicyclic) bond motifs is 2. The van der Waals surface area contributed by atoms with Gasteiger partial charge in [-0.3, -0.25) is 4.98 Å². The van der Waals surface area contributed by atoms with Gasteiger partial charge in [0.15, 0.2) is 6.19 Å². The standard InChI is InChI=1S/C22H22ClN3/c1-14-10-18(11-15(2)26(14)13-24)21-20-8-7-19(23)12-17(20)6-5-16-4-3-9-25-22(16)21/h3-4,7-9,12,14-15H,5-6,10-11H2,1-2H3. The number of rotatable bonds is 0. The molecule has 3 nitrogen and oxygen atoms in total. The first-order valence-electron chi connectivity index (χ1n) is 9.21. The number of benzene rings is 1. The Labute approximate surface area is 159 Å². The van der Waals surface area contributed by atoms with Crippen molar-refractivity contribution in [2.24, 2.45) is 0 Å². The second kappa shape index (κ2) is 6.78. The summed E-state index contributed by atoms with van der Waals surface area (Å²) in [6.07, 6.45) is 7.99. The second-order valence-corrected chi connectivity index (χ2v) is 7.84. The van der Waals surface area contributed by atoms with Crippen molar-refractivity contribution in [2.45, 2.75) is 51.6 Å². The van der Waals surface area contributed by atoms with Crippen LogP contribution in [-0.2, 0) is 12.8 Å². The highest BCUT2D eigenvalue weighted by Crippen LogP contribution is 2.40. The molecule has 2 atom stereocenters. The van der Waals surface area contributed by atoms with Gasteiger partial charge >= 0.3 is 0 Å². The van der Waals surface area contributed by atoms with Crippen LogP contribution in [0.5, 0.6) is 0 Å². The molecule has 132 valence electrons. The Balaban J connectivity index is 1.94. The van der Waals surface area contributed by atoms with E-state index in [1.165, 1.54) is 27.8 Å². The van der Waals surface area contributed by atoms with Crippen LogP contribution in [0.25, 0.3) is 5.57 Å². The van der Waals surface area contributed by atoms with Crippen molar-refractivity contribution in [3.05, 3.63) is 69.5 Å². The smallest absolute Gasteiger partial charge is 0.179 e. The third-order valence-electron chi connectivity index (χ3n) is 5.63. The minimum Gasteiger partial charge on any atom is -0.304 e. The van der Waals surface area contributed by atoms with E-state index in [9.17, 15) is 5.26 Å². The van der Waals surface area contributed by atoms with Gasteiger partial charge in [0.05, 0.1) is 5.69 Å². The molecule has 26 heavy (non-hydrogen) atoms. The zero-order chi connectivity index (χ0) is 18.3. The molecule has 1 aromatic carbocycles. The highest BCUT2D eigenvalue weighted by atomic mass is 35.5. The fraction of sp³-hybridized carbons (Fsp3) is 0.364. The number of nitrogens with zero attached hydrogens (tertiary/aromatic N) is 3. The average molecular weight is 364 g/mol. The first-order valence-corrected chi connectivity index (χ1v) is 9.59. The van der Waals surface area contributed by atoms with Gasteiger partial charge < -0.3 is 4.90 Å². The SMILES string of the molecule is CC1CC(=C2c3ccc(Cl)cc3CCc3cccnc32)CC(C)N1C#N. The molecule has 2 unspecified atom stereocenters. The van der Waals surface area contributed by atoms with Gasteiger partial charge in [-0.15, -0.1) is 0 Å². The van der Waals surface area contributed by atoms with E-state index in [1.54, 1.807) is 0 Å². The van der Waals surface area contributed by atoms with Crippen molar-refractivity contribution in [1.29, 1.82) is 5.26 Å². The Bertz CT molecular complexity index is 911. The lowest BCUT2D eigenvalue weighted by molar-refractivity contribution is 0.208. The summed E-state index contributed by atoms with van der Waals surface area (Å²) in [5, 5.41) is 10.2. The Hall–Kier alpha value is -2.31. The summed E-state index contributed by atoms with van der Waals surface area (Å²) < 4.78 is 0. The molecule has 0 radical (unpaired) electrons. The van der Waals surface area contributed by atoms with Crippen molar-refractivity contribution < 1.29 is 0 Å². The van der Waals surface area contributed by atoms with Crippen LogP contribution in [0.15, 0.2) is 42.1 Å². The highest BCUT2D eigenvalue weighted by molar-refractivity contribution is 6.30. The van der Waals surface area contributed by atoms with E-state index < -0.39 is 0 Å². The molecule has 0 bridgehead atoms. The topological polar surface area (TPSA) is 39.9 Å². The van der Waals surface area contributed by atoms with Crippen LogP contribution in [0.1, 0.15) is 49.1 Å². The number of aryl methyl sites for hydroxylation is 2. The van der Waals surface area contributed by atoms with Crippen molar-refractivity contribution in [2.75, 3.05) is 0 Å². The Morgan fingerprint density at radius 1 is 1.12 bits per heavy atom.